The molecule has 0 aliphatic heterocycles. The van der Waals surface area contributed by atoms with Crippen LogP contribution in [-0.4, -0.2) is 28.7 Å². The molecular formula is C12H18BrNOS. The predicted molar refractivity (Wildman–Crippen MR) is 73.7 cm³/mol. The first-order chi connectivity index (χ1) is 7.61. The maximum atomic E-state index is 12.3. The largest absolute Gasteiger partial charge is 0.335 e. The molecular weight excluding hydrogens is 286 g/mol. The third kappa shape index (κ3) is 3.08. The van der Waals surface area contributed by atoms with Gasteiger partial charge in [0.25, 0.3) is 5.91 Å². The number of alkyl halides is 1. The molecule has 0 bridgehead atoms. The van der Waals surface area contributed by atoms with Gasteiger partial charge in [-0.25, -0.2) is 0 Å². The van der Waals surface area contributed by atoms with E-state index in [9.17, 15) is 4.79 Å². The summed E-state index contributed by atoms with van der Waals surface area (Å²) in [7, 11) is 0. The van der Waals surface area contributed by atoms with Crippen molar-refractivity contribution in [1.29, 1.82) is 0 Å². The fourth-order valence-corrected chi connectivity index (χ4v) is 2.95. The lowest BCUT2D eigenvalue weighted by molar-refractivity contribution is 0.0723. The third-order valence-corrected chi connectivity index (χ3v) is 3.83. The fourth-order valence-electron chi connectivity index (χ4n) is 1.62. The van der Waals surface area contributed by atoms with Crippen LogP contribution in [0.2, 0.25) is 0 Å². The van der Waals surface area contributed by atoms with Crippen molar-refractivity contribution in [1.82, 2.24) is 4.90 Å². The molecule has 1 heterocycles. The highest BCUT2D eigenvalue weighted by Crippen LogP contribution is 2.20. The summed E-state index contributed by atoms with van der Waals surface area (Å²) in [6.45, 7) is 6.96. The highest BCUT2D eigenvalue weighted by Gasteiger charge is 2.21. The number of carbonyl (C=O) groups is 1. The predicted octanol–water partition coefficient (Wildman–Crippen LogP) is 3.56. The monoisotopic (exact) mass is 303 g/mol. The Balaban J connectivity index is 2.90. The van der Waals surface area contributed by atoms with E-state index in [0.29, 0.717) is 0 Å². The van der Waals surface area contributed by atoms with Crippen LogP contribution >= 0.6 is 27.3 Å². The summed E-state index contributed by atoms with van der Waals surface area (Å²) in [5.74, 6) is 0.168. The van der Waals surface area contributed by atoms with E-state index in [1.165, 1.54) is 0 Å². The Kier molecular flexibility index (Phi) is 5.49. The van der Waals surface area contributed by atoms with Crippen LogP contribution in [0.25, 0.3) is 0 Å². The number of thiophene rings is 1. The van der Waals surface area contributed by atoms with E-state index in [1.807, 2.05) is 16.3 Å². The van der Waals surface area contributed by atoms with E-state index in [4.69, 9.17) is 0 Å². The minimum Gasteiger partial charge on any atom is -0.335 e. The molecule has 0 saturated heterocycles. The van der Waals surface area contributed by atoms with Crippen LogP contribution in [0.4, 0.5) is 0 Å². The van der Waals surface area contributed by atoms with Gasteiger partial charge in [-0.2, -0.15) is 0 Å². The zero-order valence-electron chi connectivity index (χ0n) is 10.00. The Labute approximate surface area is 110 Å². The number of rotatable bonds is 5. The van der Waals surface area contributed by atoms with E-state index in [0.717, 1.165) is 28.7 Å². The number of hydrogen-bond donors (Lipinski definition) is 0. The van der Waals surface area contributed by atoms with Crippen molar-refractivity contribution < 1.29 is 4.79 Å². The topological polar surface area (TPSA) is 20.3 Å². The molecule has 0 N–H and O–H groups in total. The second-order valence-corrected chi connectivity index (χ2v) is 5.62. The smallest absolute Gasteiger partial charge is 0.264 e. The Morgan fingerprint density at radius 2 is 2.25 bits per heavy atom. The zero-order chi connectivity index (χ0) is 12.1. The van der Waals surface area contributed by atoms with E-state index < -0.39 is 0 Å². The molecule has 1 rings (SSSR count). The third-order valence-electron chi connectivity index (χ3n) is 2.53. The highest BCUT2D eigenvalue weighted by atomic mass is 79.9. The van der Waals surface area contributed by atoms with Gasteiger partial charge in [0.1, 0.15) is 0 Å². The van der Waals surface area contributed by atoms with Crippen LogP contribution in [0, 0.1) is 0 Å². The Morgan fingerprint density at radius 1 is 1.56 bits per heavy atom. The number of carbonyl (C=O) groups excluding carboxylic acids is 1. The van der Waals surface area contributed by atoms with Gasteiger partial charge in [0.15, 0.2) is 0 Å². The van der Waals surface area contributed by atoms with Crippen LogP contribution in [0.5, 0.6) is 0 Å². The molecule has 90 valence electrons. The van der Waals surface area contributed by atoms with Crippen molar-refractivity contribution >= 4 is 33.2 Å². The minimum atomic E-state index is 0.168. The lowest BCUT2D eigenvalue weighted by atomic mass is 10.2. The van der Waals surface area contributed by atoms with Crippen LogP contribution in [0.15, 0.2) is 11.4 Å². The highest BCUT2D eigenvalue weighted by molar-refractivity contribution is 9.09. The molecule has 0 saturated carbocycles. The van der Waals surface area contributed by atoms with E-state index >= 15 is 0 Å². The summed E-state index contributed by atoms with van der Waals surface area (Å²) in [4.78, 5) is 15.1. The standard InChI is InChI=1S/C12H18BrNOS/c1-4-10-5-8-16-11(10)12(15)14(7-6-13)9(2)3/h5,8-9H,4,6-7H2,1-3H3. The van der Waals surface area contributed by atoms with E-state index in [2.05, 4.69) is 36.7 Å². The van der Waals surface area contributed by atoms with E-state index in [-0.39, 0.29) is 11.9 Å². The molecule has 1 aromatic heterocycles. The summed E-state index contributed by atoms with van der Waals surface area (Å²) in [5.41, 5.74) is 1.16. The normalized spacial score (nSPS) is 10.8. The quantitative estimate of drug-likeness (QED) is 0.762. The second kappa shape index (κ2) is 6.40. The first kappa shape index (κ1) is 13.7. The molecule has 0 aliphatic rings. The Morgan fingerprint density at radius 3 is 2.75 bits per heavy atom. The van der Waals surface area contributed by atoms with Crippen LogP contribution < -0.4 is 0 Å². The van der Waals surface area contributed by atoms with Crippen molar-refractivity contribution in [2.45, 2.75) is 33.2 Å². The molecule has 0 atom stereocenters. The van der Waals surface area contributed by atoms with Gasteiger partial charge in [0.2, 0.25) is 0 Å². The van der Waals surface area contributed by atoms with Crippen molar-refractivity contribution in [3.8, 4) is 0 Å². The fraction of sp³-hybridized carbons (Fsp3) is 0.583. The Hall–Kier alpha value is -0.350. The zero-order valence-corrected chi connectivity index (χ0v) is 12.4. The molecule has 0 fully saturated rings. The summed E-state index contributed by atoms with van der Waals surface area (Å²) in [5, 5.41) is 2.82. The van der Waals surface area contributed by atoms with E-state index in [1.54, 1.807) is 11.3 Å². The van der Waals surface area contributed by atoms with Crippen LogP contribution in [0.1, 0.15) is 36.0 Å². The number of hydrogen-bond acceptors (Lipinski definition) is 2. The number of amides is 1. The minimum absolute atomic E-state index is 0.168. The Bertz CT molecular complexity index is 349. The SMILES string of the molecule is CCc1ccsc1C(=O)N(CCBr)C(C)C. The molecule has 0 aromatic carbocycles. The molecule has 0 unspecified atom stereocenters. The van der Waals surface area contributed by atoms with Crippen LogP contribution in [0.3, 0.4) is 0 Å². The second-order valence-electron chi connectivity index (χ2n) is 3.91. The number of nitrogens with zero attached hydrogens (tertiary/aromatic N) is 1. The molecule has 0 radical (unpaired) electrons. The average molecular weight is 304 g/mol. The van der Waals surface area contributed by atoms with Gasteiger partial charge in [0, 0.05) is 17.9 Å². The lowest BCUT2D eigenvalue weighted by Gasteiger charge is -2.25. The summed E-state index contributed by atoms with van der Waals surface area (Å²) in [6, 6.07) is 2.29. The first-order valence-corrected chi connectivity index (χ1v) is 7.55. The van der Waals surface area contributed by atoms with Gasteiger partial charge < -0.3 is 4.90 Å². The molecule has 4 heteroatoms. The molecule has 1 amide bonds. The first-order valence-electron chi connectivity index (χ1n) is 5.55. The summed E-state index contributed by atoms with van der Waals surface area (Å²) < 4.78 is 0. The van der Waals surface area contributed by atoms with Gasteiger partial charge in [-0.1, -0.05) is 22.9 Å². The van der Waals surface area contributed by atoms with Gasteiger partial charge in [-0.05, 0) is 37.3 Å². The molecule has 0 spiro atoms. The van der Waals surface area contributed by atoms with Crippen molar-refractivity contribution in [3.63, 3.8) is 0 Å². The average Bonchev–Trinajstić information content (AvgIpc) is 2.72. The van der Waals surface area contributed by atoms with Crippen molar-refractivity contribution in [2.75, 3.05) is 11.9 Å². The van der Waals surface area contributed by atoms with Crippen molar-refractivity contribution in [2.24, 2.45) is 0 Å². The maximum Gasteiger partial charge on any atom is 0.264 e. The van der Waals surface area contributed by atoms with Gasteiger partial charge >= 0.3 is 0 Å². The van der Waals surface area contributed by atoms with Gasteiger partial charge in [-0.15, -0.1) is 11.3 Å². The molecule has 1 aromatic rings. The van der Waals surface area contributed by atoms with Crippen LogP contribution in [-0.2, 0) is 6.42 Å². The molecule has 2 nitrogen and oxygen atoms in total. The molecule has 16 heavy (non-hydrogen) atoms. The number of halogens is 1. The lowest BCUT2D eigenvalue weighted by Crippen LogP contribution is -2.38. The van der Waals surface area contributed by atoms with Crippen molar-refractivity contribution in [3.05, 3.63) is 21.9 Å². The van der Waals surface area contributed by atoms with Gasteiger partial charge in [-0.3, -0.25) is 4.79 Å². The molecule has 0 aliphatic carbocycles. The summed E-state index contributed by atoms with van der Waals surface area (Å²) in [6.07, 6.45) is 0.921. The summed E-state index contributed by atoms with van der Waals surface area (Å²) >= 11 is 4.94. The number of aryl methyl sites for hydroxylation is 1. The van der Waals surface area contributed by atoms with Gasteiger partial charge in [0.05, 0.1) is 4.88 Å². The maximum absolute atomic E-state index is 12.3.